The molecule has 30 heavy (non-hydrogen) atoms. The molecule has 2 fully saturated rings. The fraction of sp³-hybridized carbons (Fsp3) is 0.391. The summed E-state index contributed by atoms with van der Waals surface area (Å²) in [6.07, 6.45) is 0.219. The van der Waals surface area contributed by atoms with Gasteiger partial charge in [0, 0.05) is 43.7 Å². The summed E-state index contributed by atoms with van der Waals surface area (Å²) >= 11 is 6.31. The Morgan fingerprint density at radius 3 is 2.40 bits per heavy atom. The predicted octanol–water partition coefficient (Wildman–Crippen LogP) is 3.41. The minimum atomic E-state index is -0.487. The quantitative estimate of drug-likeness (QED) is 0.792. The molecule has 2 aromatic carbocycles. The largest absolute Gasteiger partial charge is 0.370 e. The van der Waals surface area contributed by atoms with E-state index in [9.17, 15) is 14.0 Å². The van der Waals surface area contributed by atoms with Gasteiger partial charge in [0.1, 0.15) is 5.82 Å². The number of rotatable bonds is 5. The van der Waals surface area contributed by atoms with Gasteiger partial charge in [-0.2, -0.15) is 0 Å². The lowest BCUT2D eigenvalue weighted by molar-refractivity contribution is -0.119. The molecular formula is C23H25ClFN3O2. The summed E-state index contributed by atoms with van der Waals surface area (Å²) in [5, 5.41) is 0.669. The monoisotopic (exact) mass is 429 g/mol. The molecule has 0 aliphatic carbocycles. The van der Waals surface area contributed by atoms with Crippen molar-refractivity contribution >= 4 is 23.4 Å². The zero-order chi connectivity index (χ0) is 21.4. The number of hydrogen-bond donors (Lipinski definition) is 1. The number of nitrogens with two attached hydrogens (primary N) is 1. The van der Waals surface area contributed by atoms with Crippen molar-refractivity contribution in [3.63, 3.8) is 0 Å². The van der Waals surface area contributed by atoms with Crippen LogP contribution in [0.3, 0.4) is 0 Å². The van der Waals surface area contributed by atoms with Gasteiger partial charge in [-0.15, -0.1) is 0 Å². The van der Waals surface area contributed by atoms with Gasteiger partial charge in [-0.1, -0.05) is 35.9 Å². The molecule has 158 valence electrons. The van der Waals surface area contributed by atoms with Crippen LogP contribution in [-0.4, -0.2) is 47.8 Å². The summed E-state index contributed by atoms with van der Waals surface area (Å²) < 4.78 is 14.0. The molecule has 2 heterocycles. The normalized spacial score (nSPS) is 22.2. The first kappa shape index (κ1) is 20.8. The Balaban J connectivity index is 1.47. The Labute approximate surface area is 180 Å². The van der Waals surface area contributed by atoms with Crippen LogP contribution in [0.25, 0.3) is 0 Å². The molecule has 2 saturated heterocycles. The molecule has 3 unspecified atom stereocenters. The fourth-order valence-corrected chi connectivity index (χ4v) is 4.91. The van der Waals surface area contributed by atoms with Crippen molar-refractivity contribution < 1.29 is 14.0 Å². The number of hydrogen-bond acceptors (Lipinski definition) is 3. The predicted molar refractivity (Wildman–Crippen MR) is 114 cm³/mol. The van der Waals surface area contributed by atoms with E-state index < -0.39 is 5.82 Å². The maximum atomic E-state index is 14.0. The first-order valence-electron chi connectivity index (χ1n) is 10.2. The molecule has 2 aliphatic rings. The summed E-state index contributed by atoms with van der Waals surface area (Å²) in [5.41, 5.74) is 7.62. The molecule has 0 radical (unpaired) electrons. The van der Waals surface area contributed by atoms with E-state index >= 15 is 0 Å². The number of likely N-dealkylation sites (tertiary alicyclic amines) is 2. The molecule has 0 aromatic heterocycles. The van der Waals surface area contributed by atoms with E-state index in [1.807, 2.05) is 25.1 Å². The van der Waals surface area contributed by atoms with Crippen molar-refractivity contribution in [2.75, 3.05) is 26.2 Å². The minimum absolute atomic E-state index is 0.121. The van der Waals surface area contributed by atoms with Crippen molar-refractivity contribution in [1.82, 2.24) is 9.80 Å². The van der Waals surface area contributed by atoms with Gasteiger partial charge in [0.2, 0.25) is 5.91 Å². The first-order valence-corrected chi connectivity index (χ1v) is 10.5. The number of halogens is 2. The van der Waals surface area contributed by atoms with E-state index in [0.717, 1.165) is 24.2 Å². The molecule has 7 heteroatoms. The average molecular weight is 430 g/mol. The maximum absolute atomic E-state index is 14.0. The van der Waals surface area contributed by atoms with Gasteiger partial charge in [0.25, 0.3) is 5.91 Å². The van der Waals surface area contributed by atoms with E-state index in [1.165, 1.54) is 12.1 Å². The molecule has 0 spiro atoms. The van der Waals surface area contributed by atoms with E-state index in [1.54, 1.807) is 17.0 Å². The standard InChI is InChI=1S/C23H25ClFN3O2/c1-14-6-7-15(8-19(14)24)21(9-22(26)29)27-10-16-12-28(13-17(16)11-27)23(30)18-4-2-3-5-20(18)25/h2-8,16-17,21H,9-13H2,1H3,(H2,26,29). The molecule has 4 rings (SSSR count). The topological polar surface area (TPSA) is 66.6 Å². The highest BCUT2D eigenvalue weighted by Gasteiger charge is 2.44. The molecule has 0 saturated carbocycles. The van der Waals surface area contributed by atoms with Crippen molar-refractivity contribution in [3.05, 3.63) is 70.0 Å². The lowest BCUT2D eigenvalue weighted by Gasteiger charge is -2.29. The SMILES string of the molecule is Cc1ccc(C(CC(N)=O)N2CC3CN(C(=O)c4ccccc4F)CC3C2)cc1Cl. The Hall–Kier alpha value is -2.44. The van der Waals surface area contributed by atoms with Gasteiger partial charge in [0.05, 0.1) is 5.56 Å². The third-order valence-corrected chi connectivity index (χ3v) is 6.73. The number of carbonyl (C=O) groups excluding carboxylic acids is 2. The molecule has 5 nitrogen and oxygen atoms in total. The number of primary amides is 1. The first-order chi connectivity index (χ1) is 14.3. The Bertz CT molecular complexity index is 969. The van der Waals surface area contributed by atoms with Gasteiger partial charge in [0.15, 0.2) is 0 Å². The van der Waals surface area contributed by atoms with E-state index in [2.05, 4.69) is 4.90 Å². The summed E-state index contributed by atoms with van der Waals surface area (Å²) in [5.74, 6) is -0.522. The van der Waals surface area contributed by atoms with Crippen molar-refractivity contribution in [2.45, 2.75) is 19.4 Å². The Morgan fingerprint density at radius 1 is 1.13 bits per heavy atom. The van der Waals surface area contributed by atoms with Crippen LogP contribution in [0.5, 0.6) is 0 Å². The number of aryl methyl sites for hydroxylation is 1. The zero-order valence-corrected chi connectivity index (χ0v) is 17.6. The molecule has 2 N–H and O–H groups in total. The number of carbonyl (C=O) groups is 2. The highest BCUT2D eigenvalue weighted by molar-refractivity contribution is 6.31. The summed E-state index contributed by atoms with van der Waals surface area (Å²) in [6, 6.07) is 11.8. The van der Waals surface area contributed by atoms with Crippen LogP contribution in [-0.2, 0) is 4.79 Å². The maximum Gasteiger partial charge on any atom is 0.256 e. The number of benzene rings is 2. The van der Waals surface area contributed by atoms with Crippen LogP contribution >= 0.6 is 11.6 Å². The van der Waals surface area contributed by atoms with Crippen LogP contribution in [0.1, 0.15) is 33.9 Å². The Kier molecular flexibility index (Phi) is 5.80. The van der Waals surface area contributed by atoms with E-state index in [4.69, 9.17) is 17.3 Å². The second kappa shape index (κ2) is 8.36. The van der Waals surface area contributed by atoms with Crippen molar-refractivity contribution in [3.8, 4) is 0 Å². The lowest BCUT2D eigenvalue weighted by Crippen LogP contribution is -2.36. The number of nitrogens with zero attached hydrogens (tertiary/aromatic N) is 2. The zero-order valence-electron chi connectivity index (χ0n) is 16.9. The number of amides is 2. The summed E-state index contributed by atoms with van der Waals surface area (Å²) in [6.45, 7) is 4.64. The smallest absolute Gasteiger partial charge is 0.256 e. The molecule has 2 aromatic rings. The second-order valence-electron chi connectivity index (χ2n) is 8.36. The molecule has 0 bridgehead atoms. The van der Waals surface area contributed by atoms with Crippen LogP contribution in [0.4, 0.5) is 4.39 Å². The molecule has 2 amide bonds. The number of fused-ring (bicyclic) bond motifs is 1. The van der Waals surface area contributed by atoms with Gasteiger partial charge in [-0.3, -0.25) is 14.5 Å². The van der Waals surface area contributed by atoms with Crippen molar-refractivity contribution in [1.29, 1.82) is 0 Å². The molecule has 2 aliphatic heterocycles. The van der Waals surface area contributed by atoms with Gasteiger partial charge in [-0.05, 0) is 48.1 Å². The third-order valence-electron chi connectivity index (χ3n) is 6.32. The van der Waals surface area contributed by atoms with Crippen LogP contribution in [0.15, 0.2) is 42.5 Å². The van der Waals surface area contributed by atoms with Gasteiger partial charge >= 0.3 is 0 Å². The minimum Gasteiger partial charge on any atom is -0.370 e. The van der Waals surface area contributed by atoms with Crippen LogP contribution in [0, 0.1) is 24.6 Å². The fourth-order valence-electron chi connectivity index (χ4n) is 4.72. The molecule has 3 atom stereocenters. The van der Waals surface area contributed by atoms with E-state index in [-0.39, 0.29) is 41.7 Å². The van der Waals surface area contributed by atoms with Gasteiger partial charge in [-0.25, -0.2) is 4.39 Å². The Morgan fingerprint density at radius 2 is 1.80 bits per heavy atom. The van der Waals surface area contributed by atoms with Crippen molar-refractivity contribution in [2.24, 2.45) is 17.6 Å². The second-order valence-corrected chi connectivity index (χ2v) is 8.77. The molecular weight excluding hydrogens is 405 g/mol. The highest BCUT2D eigenvalue weighted by atomic mass is 35.5. The lowest BCUT2D eigenvalue weighted by atomic mass is 10.0. The third kappa shape index (κ3) is 4.07. The van der Waals surface area contributed by atoms with Crippen LogP contribution < -0.4 is 5.73 Å². The van der Waals surface area contributed by atoms with Gasteiger partial charge < -0.3 is 10.6 Å². The summed E-state index contributed by atoms with van der Waals surface area (Å²) in [4.78, 5) is 28.5. The van der Waals surface area contributed by atoms with Crippen LogP contribution in [0.2, 0.25) is 5.02 Å². The van der Waals surface area contributed by atoms with E-state index in [0.29, 0.717) is 18.1 Å². The average Bonchev–Trinajstić information content (AvgIpc) is 3.27. The summed E-state index contributed by atoms with van der Waals surface area (Å²) in [7, 11) is 0. The highest BCUT2D eigenvalue weighted by Crippen LogP contribution is 2.38.